The first kappa shape index (κ1) is 22.3. The van der Waals surface area contributed by atoms with E-state index in [-0.39, 0.29) is 17.0 Å². The van der Waals surface area contributed by atoms with E-state index >= 15 is 0 Å². The lowest BCUT2D eigenvalue weighted by molar-refractivity contribution is -0.966. The van der Waals surface area contributed by atoms with Gasteiger partial charge in [-0.1, -0.05) is 68.7 Å². The monoisotopic (exact) mass is 471 g/mol. The number of unbranched alkanes of at least 4 members (excludes halogenated alkanes) is 3. The maximum atomic E-state index is 6.62. The quantitative estimate of drug-likeness (QED) is 0.423. The molecule has 2 heterocycles. The van der Waals surface area contributed by atoms with Crippen molar-refractivity contribution in [2.75, 3.05) is 19.7 Å². The summed E-state index contributed by atoms with van der Waals surface area (Å²) in [5.74, 6) is 1.66. The molecule has 3 aliphatic rings. The third kappa shape index (κ3) is 3.45. The summed E-state index contributed by atoms with van der Waals surface area (Å²) in [5.41, 5.74) is 1.96. The minimum Gasteiger partial charge on any atom is -1.00 e. The molecule has 164 valence electrons. The SMILES string of the molecule is CCCCCCO[C@H]1C[N@+]2(Cc3cccc4ccccc34)CC[C@@H]3CC[C@H]1[C@@]32C.[Br-]. The van der Waals surface area contributed by atoms with Crippen molar-refractivity contribution < 1.29 is 26.2 Å². The largest absolute Gasteiger partial charge is 1.00 e. The fourth-order valence-corrected chi connectivity index (χ4v) is 7.41. The van der Waals surface area contributed by atoms with Gasteiger partial charge in [0.25, 0.3) is 0 Å². The lowest BCUT2D eigenvalue weighted by Crippen LogP contribution is -3.00. The highest BCUT2D eigenvalue weighted by Crippen LogP contribution is 2.61. The Morgan fingerprint density at radius 3 is 2.70 bits per heavy atom. The predicted molar refractivity (Wildman–Crippen MR) is 121 cm³/mol. The van der Waals surface area contributed by atoms with Crippen LogP contribution in [0, 0.1) is 11.8 Å². The van der Waals surface area contributed by atoms with Gasteiger partial charge in [0.2, 0.25) is 0 Å². The normalized spacial score (nSPS) is 34.3. The van der Waals surface area contributed by atoms with Crippen LogP contribution in [0.4, 0.5) is 0 Å². The van der Waals surface area contributed by atoms with Gasteiger partial charge in [-0.05, 0) is 37.0 Å². The molecular formula is C27H38BrNO. The maximum absolute atomic E-state index is 6.62. The predicted octanol–water partition coefficient (Wildman–Crippen LogP) is 3.33. The zero-order valence-electron chi connectivity index (χ0n) is 18.8. The molecule has 1 aliphatic carbocycles. The Morgan fingerprint density at radius 2 is 1.83 bits per heavy atom. The fourth-order valence-electron chi connectivity index (χ4n) is 7.41. The molecule has 30 heavy (non-hydrogen) atoms. The molecule has 1 saturated carbocycles. The van der Waals surface area contributed by atoms with Gasteiger partial charge in [0.15, 0.2) is 0 Å². The molecular weight excluding hydrogens is 434 g/mol. The molecule has 3 heteroatoms. The molecule has 2 saturated heterocycles. The Balaban J connectivity index is 0.00000218. The van der Waals surface area contributed by atoms with Gasteiger partial charge in [0, 0.05) is 30.4 Å². The van der Waals surface area contributed by atoms with Crippen LogP contribution >= 0.6 is 0 Å². The first-order chi connectivity index (χ1) is 14.2. The molecule has 2 aromatic rings. The van der Waals surface area contributed by atoms with Crippen molar-refractivity contribution >= 4 is 10.8 Å². The molecule has 2 aliphatic heterocycles. The first-order valence-corrected chi connectivity index (χ1v) is 12.1. The zero-order chi connectivity index (χ0) is 19.9. The summed E-state index contributed by atoms with van der Waals surface area (Å²) in [6.07, 6.45) is 9.91. The summed E-state index contributed by atoms with van der Waals surface area (Å²) in [4.78, 5) is 0. The second kappa shape index (κ2) is 8.92. The van der Waals surface area contributed by atoms with Crippen molar-refractivity contribution in [3.05, 3.63) is 48.0 Å². The van der Waals surface area contributed by atoms with Crippen LogP contribution in [0.25, 0.3) is 10.8 Å². The summed E-state index contributed by atoms with van der Waals surface area (Å²) >= 11 is 0. The molecule has 0 N–H and O–H groups in total. The average molecular weight is 473 g/mol. The number of rotatable bonds is 8. The van der Waals surface area contributed by atoms with E-state index in [4.69, 9.17) is 4.74 Å². The topological polar surface area (TPSA) is 9.23 Å². The standard InChI is InChI=1S/C27H38NO.BrH/c1-3-4-5-8-18-29-26-20-28(17-16-23-14-15-25(26)27(23,28)2)19-22-12-9-11-21-10-6-7-13-24(21)22;/h6-7,9-13,23,25-26H,3-5,8,14-20H2,1-2H3;1H/q+1;/p-1/t23-,25+,26-,27+,28+;/m0./s1. The van der Waals surface area contributed by atoms with Crippen LogP contribution in [0.1, 0.15) is 64.4 Å². The van der Waals surface area contributed by atoms with Gasteiger partial charge in [-0.15, -0.1) is 0 Å². The van der Waals surface area contributed by atoms with E-state index in [1.807, 2.05) is 0 Å². The van der Waals surface area contributed by atoms with Crippen LogP contribution < -0.4 is 17.0 Å². The highest BCUT2D eigenvalue weighted by molar-refractivity contribution is 5.85. The van der Waals surface area contributed by atoms with E-state index in [2.05, 4.69) is 56.3 Å². The van der Waals surface area contributed by atoms with Gasteiger partial charge in [-0.2, -0.15) is 0 Å². The molecule has 0 radical (unpaired) electrons. The van der Waals surface area contributed by atoms with Crippen molar-refractivity contribution in [3.63, 3.8) is 0 Å². The van der Waals surface area contributed by atoms with E-state index in [1.165, 1.54) is 79.8 Å². The summed E-state index contributed by atoms with van der Waals surface area (Å²) in [6.45, 7) is 9.64. The van der Waals surface area contributed by atoms with Gasteiger partial charge in [-0.25, -0.2) is 0 Å². The Morgan fingerprint density at radius 1 is 1.00 bits per heavy atom. The molecule has 0 amide bonds. The van der Waals surface area contributed by atoms with Gasteiger partial charge < -0.3 is 26.2 Å². The van der Waals surface area contributed by atoms with E-state index < -0.39 is 0 Å². The molecule has 0 unspecified atom stereocenters. The van der Waals surface area contributed by atoms with E-state index in [1.54, 1.807) is 5.56 Å². The van der Waals surface area contributed by atoms with Gasteiger partial charge >= 0.3 is 0 Å². The number of fused-ring (bicyclic) bond motifs is 1. The maximum Gasteiger partial charge on any atom is 0.115 e. The fraction of sp³-hybridized carbons (Fsp3) is 0.630. The van der Waals surface area contributed by atoms with E-state index in [0.717, 1.165) is 18.4 Å². The average Bonchev–Trinajstić information content (AvgIpc) is 3.31. The Kier molecular flexibility index (Phi) is 6.63. The van der Waals surface area contributed by atoms with E-state index in [9.17, 15) is 0 Å². The molecule has 2 nitrogen and oxygen atoms in total. The second-order valence-electron chi connectivity index (χ2n) is 10.2. The Hall–Kier alpha value is -0.900. The summed E-state index contributed by atoms with van der Waals surface area (Å²) < 4.78 is 7.89. The number of halogens is 1. The number of ether oxygens (including phenoxy) is 1. The number of hydrogen-bond donors (Lipinski definition) is 0. The number of hydrogen-bond acceptors (Lipinski definition) is 1. The lowest BCUT2D eigenvalue weighted by atomic mass is 9.83. The summed E-state index contributed by atoms with van der Waals surface area (Å²) in [6, 6.07) is 15.9. The molecule has 5 rings (SSSR count). The minimum atomic E-state index is 0. The van der Waals surface area contributed by atoms with Gasteiger partial charge in [-0.3, -0.25) is 0 Å². The Labute approximate surface area is 193 Å². The molecule has 5 atom stereocenters. The van der Waals surface area contributed by atoms with Gasteiger partial charge in [0.1, 0.15) is 24.7 Å². The molecule has 2 aromatic carbocycles. The molecule has 0 aromatic heterocycles. The van der Waals surface area contributed by atoms with Crippen molar-refractivity contribution in [3.8, 4) is 0 Å². The molecule has 0 spiro atoms. The minimum absolute atomic E-state index is 0. The lowest BCUT2D eigenvalue weighted by Gasteiger charge is -2.44. The molecule has 0 bridgehead atoms. The second-order valence-corrected chi connectivity index (χ2v) is 10.2. The third-order valence-electron chi connectivity index (χ3n) is 8.99. The zero-order valence-corrected chi connectivity index (χ0v) is 20.4. The number of nitrogens with zero attached hydrogens (tertiary/aromatic N) is 1. The highest BCUT2D eigenvalue weighted by Gasteiger charge is 2.71. The van der Waals surface area contributed by atoms with Crippen molar-refractivity contribution in [1.82, 2.24) is 0 Å². The van der Waals surface area contributed by atoms with E-state index in [0.29, 0.717) is 11.6 Å². The highest BCUT2D eigenvalue weighted by atomic mass is 79.9. The van der Waals surface area contributed by atoms with Crippen molar-refractivity contribution in [1.29, 1.82) is 0 Å². The van der Waals surface area contributed by atoms with Crippen LogP contribution in [-0.2, 0) is 11.3 Å². The van der Waals surface area contributed by atoms with Crippen LogP contribution in [0.15, 0.2) is 42.5 Å². The smallest absolute Gasteiger partial charge is 0.115 e. The van der Waals surface area contributed by atoms with Crippen molar-refractivity contribution in [2.24, 2.45) is 11.8 Å². The van der Waals surface area contributed by atoms with Gasteiger partial charge in [0.05, 0.1) is 6.54 Å². The Bertz CT molecular complexity index is 864. The van der Waals surface area contributed by atoms with Crippen LogP contribution in [0.5, 0.6) is 0 Å². The first-order valence-electron chi connectivity index (χ1n) is 12.1. The van der Waals surface area contributed by atoms with Crippen LogP contribution in [0.3, 0.4) is 0 Å². The third-order valence-corrected chi connectivity index (χ3v) is 8.99. The number of quaternary nitrogens is 1. The molecule has 3 fully saturated rings. The van der Waals surface area contributed by atoms with Crippen LogP contribution in [-0.4, -0.2) is 35.8 Å². The van der Waals surface area contributed by atoms with Crippen molar-refractivity contribution in [2.45, 2.75) is 77.0 Å². The number of benzene rings is 2. The summed E-state index contributed by atoms with van der Waals surface area (Å²) in [7, 11) is 0. The van der Waals surface area contributed by atoms with Crippen LogP contribution in [0.2, 0.25) is 0 Å². The summed E-state index contributed by atoms with van der Waals surface area (Å²) in [5, 5.41) is 2.84.